The Morgan fingerprint density at radius 3 is 2.26 bits per heavy atom. The molecule has 0 radical (unpaired) electrons. The second-order valence-corrected chi connectivity index (χ2v) is 5.73. The number of amides is 1. The van der Waals surface area contributed by atoms with Crippen molar-refractivity contribution in [2.24, 2.45) is 5.73 Å². The Labute approximate surface area is 121 Å². The van der Waals surface area contributed by atoms with Gasteiger partial charge < -0.3 is 11.1 Å². The quantitative estimate of drug-likeness (QED) is 0.874. The smallest absolute Gasteiger partial charge is 0.244 e. The Morgan fingerprint density at radius 1 is 1.21 bits per heavy atom. The van der Waals surface area contributed by atoms with Crippen molar-refractivity contribution >= 4 is 34.8 Å². The van der Waals surface area contributed by atoms with Gasteiger partial charge in [0, 0.05) is 0 Å². The Hall–Kier alpha value is -0.840. The van der Waals surface area contributed by atoms with Crippen molar-refractivity contribution in [2.75, 3.05) is 5.32 Å². The second kappa shape index (κ2) is 5.65. The maximum Gasteiger partial charge on any atom is 0.244 e. The summed E-state index contributed by atoms with van der Waals surface area (Å²) in [4.78, 5) is 12.2. The monoisotopic (exact) mass is 304 g/mol. The lowest BCUT2D eigenvalue weighted by atomic mass is 9.82. The molecule has 0 heterocycles. The third-order valence-corrected chi connectivity index (χ3v) is 4.04. The standard InChI is InChI=1S/C13H15Cl2FN2O/c14-9-6-8(16)7-10(15)11(9)18-12(19)13(17)4-2-1-3-5-13/h6-7H,1-5,17H2,(H,18,19). The molecule has 0 unspecified atom stereocenters. The van der Waals surface area contributed by atoms with Crippen LogP contribution in [0.3, 0.4) is 0 Å². The maximum absolute atomic E-state index is 13.1. The summed E-state index contributed by atoms with van der Waals surface area (Å²) in [6, 6.07) is 2.21. The van der Waals surface area contributed by atoms with E-state index in [9.17, 15) is 9.18 Å². The van der Waals surface area contributed by atoms with Crippen LogP contribution in [-0.2, 0) is 4.79 Å². The van der Waals surface area contributed by atoms with Gasteiger partial charge in [-0.1, -0.05) is 42.5 Å². The van der Waals surface area contributed by atoms with E-state index in [1.807, 2.05) is 0 Å². The highest BCUT2D eigenvalue weighted by Gasteiger charge is 2.35. The van der Waals surface area contributed by atoms with E-state index in [-0.39, 0.29) is 21.6 Å². The van der Waals surface area contributed by atoms with E-state index in [1.165, 1.54) is 0 Å². The third-order valence-electron chi connectivity index (χ3n) is 3.44. The Balaban J connectivity index is 2.19. The first-order valence-corrected chi connectivity index (χ1v) is 6.93. The molecule has 0 aliphatic heterocycles. The molecule has 1 fully saturated rings. The topological polar surface area (TPSA) is 55.1 Å². The van der Waals surface area contributed by atoms with Gasteiger partial charge in [-0.2, -0.15) is 0 Å². The molecule has 1 aliphatic carbocycles. The first-order valence-electron chi connectivity index (χ1n) is 6.17. The summed E-state index contributed by atoms with van der Waals surface area (Å²) in [5, 5.41) is 2.76. The summed E-state index contributed by atoms with van der Waals surface area (Å²) in [5.41, 5.74) is 5.43. The molecule has 19 heavy (non-hydrogen) atoms. The largest absolute Gasteiger partial charge is 0.322 e. The van der Waals surface area contributed by atoms with Crippen LogP contribution >= 0.6 is 23.2 Å². The van der Waals surface area contributed by atoms with Crippen molar-refractivity contribution in [3.05, 3.63) is 28.0 Å². The van der Waals surface area contributed by atoms with Crippen LogP contribution in [0.25, 0.3) is 0 Å². The van der Waals surface area contributed by atoms with Gasteiger partial charge in [0.1, 0.15) is 5.82 Å². The molecule has 1 saturated carbocycles. The van der Waals surface area contributed by atoms with E-state index in [0.717, 1.165) is 31.4 Å². The summed E-state index contributed by atoms with van der Waals surface area (Å²) < 4.78 is 13.1. The second-order valence-electron chi connectivity index (χ2n) is 4.92. The van der Waals surface area contributed by atoms with E-state index in [4.69, 9.17) is 28.9 Å². The number of hydrogen-bond donors (Lipinski definition) is 2. The number of nitrogens with two attached hydrogens (primary N) is 1. The molecule has 3 nitrogen and oxygen atoms in total. The lowest BCUT2D eigenvalue weighted by Gasteiger charge is -2.32. The van der Waals surface area contributed by atoms with Gasteiger partial charge in [0.15, 0.2) is 0 Å². The van der Waals surface area contributed by atoms with Crippen molar-refractivity contribution in [1.82, 2.24) is 0 Å². The molecule has 2 rings (SSSR count). The van der Waals surface area contributed by atoms with Crippen LogP contribution in [0.15, 0.2) is 12.1 Å². The van der Waals surface area contributed by atoms with Crippen LogP contribution in [0.4, 0.5) is 10.1 Å². The molecule has 1 aromatic rings. The fourth-order valence-corrected chi connectivity index (χ4v) is 2.86. The summed E-state index contributed by atoms with van der Waals surface area (Å²) in [7, 11) is 0. The number of carbonyl (C=O) groups is 1. The highest BCUT2D eigenvalue weighted by molar-refractivity contribution is 6.39. The van der Waals surface area contributed by atoms with Crippen molar-refractivity contribution in [3.8, 4) is 0 Å². The van der Waals surface area contributed by atoms with E-state index < -0.39 is 11.4 Å². The van der Waals surface area contributed by atoms with Gasteiger partial charge in [0.25, 0.3) is 0 Å². The summed E-state index contributed by atoms with van der Waals surface area (Å²) >= 11 is 11.8. The maximum atomic E-state index is 13.1. The van der Waals surface area contributed by atoms with Crippen LogP contribution in [0.1, 0.15) is 32.1 Å². The summed E-state index contributed by atoms with van der Waals surface area (Å²) in [6.45, 7) is 0. The first kappa shape index (κ1) is 14.6. The minimum absolute atomic E-state index is 0.0674. The molecule has 0 spiro atoms. The van der Waals surface area contributed by atoms with Crippen molar-refractivity contribution in [1.29, 1.82) is 0 Å². The van der Waals surface area contributed by atoms with Gasteiger partial charge in [-0.3, -0.25) is 4.79 Å². The summed E-state index contributed by atoms with van der Waals surface area (Å²) in [5.74, 6) is -0.865. The van der Waals surface area contributed by atoms with Gasteiger partial charge in [-0.15, -0.1) is 0 Å². The molecule has 1 aromatic carbocycles. The van der Waals surface area contributed by atoms with Crippen LogP contribution in [0, 0.1) is 5.82 Å². The highest BCUT2D eigenvalue weighted by Crippen LogP contribution is 2.33. The minimum Gasteiger partial charge on any atom is -0.322 e. The molecule has 0 bridgehead atoms. The van der Waals surface area contributed by atoms with Gasteiger partial charge in [0.05, 0.1) is 21.3 Å². The number of rotatable bonds is 2. The molecule has 0 saturated heterocycles. The zero-order chi connectivity index (χ0) is 14.0. The number of benzene rings is 1. The number of anilines is 1. The lowest BCUT2D eigenvalue weighted by Crippen LogP contribution is -2.52. The average molecular weight is 305 g/mol. The third kappa shape index (κ3) is 3.19. The Kier molecular flexibility index (Phi) is 4.33. The van der Waals surface area contributed by atoms with E-state index >= 15 is 0 Å². The zero-order valence-electron chi connectivity index (χ0n) is 10.3. The van der Waals surface area contributed by atoms with Crippen LogP contribution < -0.4 is 11.1 Å². The van der Waals surface area contributed by atoms with Gasteiger partial charge in [-0.05, 0) is 25.0 Å². The van der Waals surface area contributed by atoms with E-state index in [0.29, 0.717) is 12.8 Å². The van der Waals surface area contributed by atoms with Crippen LogP contribution in [0.2, 0.25) is 10.0 Å². The fourth-order valence-electron chi connectivity index (χ4n) is 2.31. The van der Waals surface area contributed by atoms with Crippen LogP contribution in [-0.4, -0.2) is 11.4 Å². The van der Waals surface area contributed by atoms with E-state index in [2.05, 4.69) is 5.32 Å². The molecule has 1 amide bonds. The van der Waals surface area contributed by atoms with Crippen molar-refractivity contribution < 1.29 is 9.18 Å². The molecule has 104 valence electrons. The van der Waals surface area contributed by atoms with Gasteiger partial charge >= 0.3 is 0 Å². The number of nitrogens with one attached hydrogen (secondary N) is 1. The van der Waals surface area contributed by atoms with E-state index in [1.54, 1.807) is 0 Å². The number of hydrogen-bond acceptors (Lipinski definition) is 2. The molecule has 1 aliphatic rings. The van der Waals surface area contributed by atoms with Crippen molar-refractivity contribution in [3.63, 3.8) is 0 Å². The number of halogens is 3. The van der Waals surface area contributed by atoms with Gasteiger partial charge in [0.2, 0.25) is 5.91 Å². The predicted octanol–water partition coefficient (Wildman–Crippen LogP) is 3.73. The zero-order valence-corrected chi connectivity index (χ0v) is 11.8. The number of carbonyl (C=O) groups excluding carboxylic acids is 1. The molecular formula is C13H15Cl2FN2O. The van der Waals surface area contributed by atoms with Gasteiger partial charge in [-0.25, -0.2) is 4.39 Å². The first-order chi connectivity index (χ1) is 8.92. The Morgan fingerprint density at radius 2 is 1.74 bits per heavy atom. The summed E-state index contributed by atoms with van der Waals surface area (Å²) in [6.07, 6.45) is 4.21. The fraction of sp³-hybridized carbons (Fsp3) is 0.462. The molecule has 0 aromatic heterocycles. The SMILES string of the molecule is NC1(C(=O)Nc2c(Cl)cc(F)cc2Cl)CCCCC1. The molecular weight excluding hydrogens is 290 g/mol. The predicted molar refractivity (Wildman–Crippen MR) is 75.1 cm³/mol. The highest BCUT2D eigenvalue weighted by atomic mass is 35.5. The minimum atomic E-state index is -0.890. The molecule has 3 N–H and O–H groups in total. The van der Waals surface area contributed by atoms with Crippen molar-refractivity contribution in [2.45, 2.75) is 37.6 Å². The molecule has 0 atom stereocenters. The van der Waals surface area contributed by atoms with Crippen LogP contribution in [0.5, 0.6) is 0 Å². The normalized spacial score (nSPS) is 18.1. The lowest BCUT2D eigenvalue weighted by molar-refractivity contribution is -0.122. The average Bonchev–Trinajstić information content (AvgIpc) is 2.34. The Bertz CT molecular complexity index is 478. The molecule has 6 heteroatoms.